The van der Waals surface area contributed by atoms with E-state index >= 15 is 0 Å². The zero-order valence-electron chi connectivity index (χ0n) is 19.8. The van der Waals surface area contributed by atoms with Crippen LogP contribution in [-0.2, 0) is 0 Å². The Morgan fingerprint density at radius 2 is 1.22 bits per heavy atom. The first-order valence-corrected chi connectivity index (χ1v) is 12.4. The number of furan rings is 1. The minimum absolute atomic E-state index is 0.874. The van der Waals surface area contributed by atoms with E-state index in [1.54, 1.807) is 0 Å². The van der Waals surface area contributed by atoms with E-state index in [-0.39, 0.29) is 0 Å². The fourth-order valence-corrected chi connectivity index (χ4v) is 5.57. The van der Waals surface area contributed by atoms with Crippen molar-refractivity contribution in [1.29, 1.82) is 0 Å². The van der Waals surface area contributed by atoms with Gasteiger partial charge in [0, 0.05) is 32.7 Å². The van der Waals surface area contributed by atoms with E-state index in [0.717, 1.165) is 77.0 Å². The predicted octanol–water partition coefficient (Wildman–Crippen LogP) is 9.17. The first-order chi connectivity index (χ1) is 18.3. The molecule has 3 nitrogen and oxygen atoms in total. The Kier molecular flexibility index (Phi) is 4.23. The van der Waals surface area contributed by atoms with Gasteiger partial charge in [-0.3, -0.25) is 0 Å². The van der Waals surface area contributed by atoms with Crippen LogP contribution in [0, 0.1) is 0 Å². The highest BCUT2D eigenvalue weighted by atomic mass is 16.3. The quantitative estimate of drug-likeness (QED) is 0.235. The van der Waals surface area contributed by atoms with Crippen molar-refractivity contribution in [3.63, 3.8) is 0 Å². The highest BCUT2D eigenvalue weighted by Gasteiger charge is 2.19. The third-order valence-electron chi connectivity index (χ3n) is 7.25. The molecule has 0 aliphatic rings. The Bertz CT molecular complexity index is 2140. The third-order valence-corrected chi connectivity index (χ3v) is 7.25. The van der Waals surface area contributed by atoms with Gasteiger partial charge in [0.25, 0.3) is 0 Å². The monoisotopic (exact) mass is 472 g/mol. The minimum Gasteiger partial charge on any atom is -0.456 e. The average Bonchev–Trinajstić information content (AvgIpc) is 3.35. The van der Waals surface area contributed by atoms with Crippen LogP contribution in [0.2, 0.25) is 0 Å². The van der Waals surface area contributed by atoms with Crippen molar-refractivity contribution in [3.8, 4) is 22.5 Å². The Balaban J connectivity index is 1.57. The van der Waals surface area contributed by atoms with Crippen LogP contribution in [0.15, 0.2) is 126 Å². The molecule has 2 aromatic heterocycles. The Hall–Kier alpha value is -5.02. The molecule has 0 saturated carbocycles. The molecule has 0 amide bonds. The summed E-state index contributed by atoms with van der Waals surface area (Å²) in [5, 5.41) is 6.77. The molecule has 0 radical (unpaired) electrons. The number of hydrogen-bond acceptors (Lipinski definition) is 3. The summed E-state index contributed by atoms with van der Waals surface area (Å²) in [7, 11) is 0. The molecule has 8 rings (SSSR count). The number of rotatable bonds is 2. The fourth-order valence-electron chi connectivity index (χ4n) is 5.57. The summed E-state index contributed by atoms with van der Waals surface area (Å²) in [4.78, 5) is 10.6. The van der Waals surface area contributed by atoms with Crippen molar-refractivity contribution in [2.45, 2.75) is 0 Å². The number of hydrogen-bond donors (Lipinski definition) is 0. The summed E-state index contributed by atoms with van der Waals surface area (Å²) in [6.45, 7) is 0. The van der Waals surface area contributed by atoms with Crippen molar-refractivity contribution in [1.82, 2.24) is 9.97 Å². The van der Waals surface area contributed by atoms with Crippen LogP contribution in [-0.4, -0.2) is 9.97 Å². The predicted molar refractivity (Wildman–Crippen MR) is 153 cm³/mol. The van der Waals surface area contributed by atoms with Gasteiger partial charge in [0.2, 0.25) is 0 Å². The number of aromatic nitrogens is 2. The molecule has 3 heteroatoms. The second kappa shape index (κ2) is 7.74. The van der Waals surface area contributed by atoms with E-state index in [9.17, 15) is 0 Å². The summed E-state index contributed by atoms with van der Waals surface area (Å²) in [5.41, 5.74) is 7.41. The lowest BCUT2D eigenvalue weighted by Crippen LogP contribution is -1.97. The van der Waals surface area contributed by atoms with E-state index in [1.165, 1.54) is 0 Å². The normalized spacial score (nSPS) is 11.8. The van der Waals surface area contributed by atoms with Gasteiger partial charge in [-0.1, -0.05) is 103 Å². The topological polar surface area (TPSA) is 38.9 Å². The van der Waals surface area contributed by atoms with Crippen molar-refractivity contribution in [3.05, 3.63) is 121 Å². The second-order valence-corrected chi connectivity index (χ2v) is 9.38. The molecule has 2 heterocycles. The highest BCUT2D eigenvalue weighted by Crippen LogP contribution is 2.42. The molecule has 0 atom stereocenters. The molecule has 8 aromatic rings. The smallest absolute Gasteiger partial charge is 0.136 e. The lowest BCUT2D eigenvalue weighted by molar-refractivity contribution is 0.669. The summed E-state index contributed by atoms with van der Waals surface area (Å²) < 4.78 is 6.26. The van der Waals surface area contributed by atoms with Crippen LogP contribution >= 0.6 is 0 Å². The average molecular weight is 473 g/mol. The molecule has 0 bridgehead atoms. The molecule has 0 aliphatic carbocycles. The van der Waals surface area contributed by atoms with Gasteiger partial charge in [-0.15, -0.1) is 0 Å². The van der Waals surface area contributed by atoms with Crippen molar-refractivity contribution in [2.75, 3.05) is 0 Å². The molecule has 0 spiro atoms. The first kappa shape index (κ1) is 20.2. The molecular formula is C34H20N2O. The van der Waals surface area contributed by atoms with Crippen molar-refractivity contribution >= 4 is 54.5 Å². The van der Waals surface area contributed by atoms with Gasteiger partial charge >= 0.3 is 0 Å². The number of fused-ring (bicyclic) bond motifs is 8. The summed E-state index contributed by atoms with van der Waals surface area (Å²) in [6, 6.07) is 41.8. The molecule has 0 fully saturated rings. The van der Waals surface area contributed by atoms with Crippen LogP contribution in [0.5, 0.6) is 0 Å². The van der Waals surface area contributed by atoms with Crippen molar-refractivity contribution < 1.29 is 4.42 Å². The molecule has 0 unspecified atom stereocenters. The lowest BCUT2D eigenvalue weighted by Gasteiger charge is -2.14. The van der Waals surface area contributed by atoms with Crippen LogP contribution < -0.4 is 0 Å². The van der Waals surface area contributed by atoms with Crippen molar-refractivity contribution in [2.24, 2.45) is 0 Å². The molecule has 0 N–H and O–H groups in total. The maximum atomic E-state index is 6.26. The first-order valence-electron chi connectivity index (χ1n) is 12.4. The van der Waals surface area contributed by atoms with Crippen LogP contribution in [0.1, 0.15) is 0 Å². The van der Waals surface area contributed by atoms with Crippen LogP contribution in [0.4, 0.5) is 0 Å². The summed E-state index contributed by atoms with van der Waals surface area (Å²) in [6.07, 6.45) is 0. The van der Waals surface area contributed by atoms with E-state index < -0.39 is 0 Å². The maximum Gasteiger partial charge on any atom is 0.136 e. The maximum absolute atomic E-state index is 6.26. The third kappa shape index (κ3) is 3.01. The molecule has 0 aliphatic heterocycles. The number of para-hydroxylation sites is 1. The second-order valence-electron chi connectivity index (χ2n) is 9.38. The largest absolute Gasteiger partial charge is 0.456 e. The highest BCUT2D eigenvalue weighted by molar-refractivity contribution is 6.23. The molecule has 6 aromatic carbocycles. The van der Waals surface area contributed by atoms with Gasteiger partial charge in [0.15, 0.2) is 0 Å². The SMILES string of the molecule is c1ccc(-c2nc3ccc4ccccc4c3nc2-c2cccc3ccc4oc5ccccc5c4c23)cc1. The fraction of sp³-hybridized carbons (Fsp3) is 0. The Morgan fingerprint density at radius 1 is 0.459 bits per heavy atom. The van der Waals surface area contributed by atoms with Gasteiger partial charge in [-0.2, -0.15) is 0 Å². The van der Waals surface area contributed by atoms with Gasteiger partial charge in [0.05, 0.1) is 22.4 Å². The summed E-state index contributed by atoms with van der Waals surface area (Å²) in [5.74, 6) is 0. The minimum atomic E-state index is 0.874. The zero-order chi connectivity index (χ0) is 24.3. The Labute approximate surface area is 212 Å². The van der Waals surface area contributed by atoms with Gasteiger partial charge in [0.1, 0.15) is 11.2 Å². The van der Waals surface area contributed by atoms with E-state index in [0.29, 0.717) is 0 Å². The number of nitrogens with zero attached hydrogens (tertiary/aromatic N) is 2. The van der Waals surface area contributed by atoms with Crippen LogP contribution in [0.3, 0.4) is 0 Å². The zero-order valence-corrected chi connectivity index (χ0v) is 19.8. The Morgan fingerprint density at radius 3 is 2.14 bits per heavy atom. The van der Waals surface area contributed by atoms with Crippen LogP contribution in [0.25, 0.3) is 77.0 Å². The lowest BCUT2D eigenvalue weighted by atomic mass is 9.94. The molecule has 0 saturated heterocycles. The van der Waals surface area contributed by atoms with E-state index in [1.807, 2.05) is 18.2 Å². The van der Waals surface area contributed by atoms with E-state index in [2.05, 4.69) is 103 Å². The number of benzene rings is 6. The molecule has 37 heavy (non-hydrogen) atoms. The standard InChI is InChI=1S/C34H20N2O/c1-2-10-23(11-3-1)32-34(36-33-24-13-5-4-9-21(24)17-19-27(33)35-32)26-15-8-12-22-18-20-29-31(30(22)26)25-14-6-7-16-28(25)37-29/h1-20H. The summed E-state index contributed by atoms with van der Waals surface area (Å²) >= 11 is 0. The van der Waals surface area contributed by atoms with Gasteiger partial charge < -0.3 is 4.42 Å². The molecular weight excluding hydrogens is 452 g/mol. The van der Waals surface area contributed by atoms with E-state index in [4.69, 9.17) is 14.4 Å². The van der Waals surface area contributed by atoms with Gasteiger partial charge in [-0.25, -0.2) is 9.97 Å². The van der Waals surface area contributed by atoms with Gasteiger partial charge in [-0.05, 0) is 29.0 Å². The molecule has 172 valence electrons.